The van der Waals surface area contributed by atoms with E-state index in [0.29, 0.717) is 5.56 Å². The highest BCUT2D eigenvalue weighted by atomic mass is 32.2. The van der Waals surface area contributed by atoms with Gasteiger partial charge in [0.25, 0.3) is 0 Å². The van der Waals surface area contributed by atoms with Crippen molar-refractivity contribution in [3.8, 4) is 0 Å². The standard InChI is InChI=1S/C9H10F3N3O3S.C9H10F3NOS.C9H10F3NS.CH4/c1-6(19(2,18)14-15(16)17)7-3-4-8(13-5-7)9(10,11)12;1-6(15(2)14)7-3-4-8(13-5-7)9(10,11)12;1-6(14-2)7-3-4-8(13-5-7)9(10,11)12;/h3-6H,1-2H3;3-6H,1-2H3;3-6H,1-2H3;1H4. The smallest absolute Gasteiger partial charge is 0.259 e. The quantitative estimate of drug-likeness (QED) is 0.132. The van der Waals surface area contributed by atoms with Crippen molar-refractivity contribution in [1.29, 1.82) is 0 Å². The minimum Gasteiger partial charge on any atom is -0.259 e. The van der Waals surface area contributed by atoms with Crippen LogP contribution in [0.3, 0.4) is 0 Å². The molecular formula is C28H34F9N5O4S3. The molecule has 0 saturated carbocycles. The lowest BCUT2D eigenvalue weighted by atomic mass is 10.2. The summed E-state index contributed by atoms with van der Waals surface area (Å²) < 4.78 is 136. The Morgan fingerprint density at radius 1 is 0.776 bits per heavy atom. The van der Waals surface area contributed by atoms with Gasteiger partial charge >= 0.3 is 18.5 Å². The van der Waals surface area contributed by atoms with Crippen molar-refractivity contribution >= 4 is 32.3 Å². The van der Waals surface area contributed by atoms with E-state index in [1.165, 1.54) is 31.5 Å². The van der Waals surface area contributed by atoms with E-state index >= 15 is 0 Å². The normalized spacial score (nSPS) is 15.3. The third-order valence-corrected chi connectivity index (χ3v) is 10.7. The van der Waals surface area contributed by atoms with Gasteiger partial charge in [0.2, 0.25) is 0 Å². The molecule has 0 aliphatic rings. The number of pyridine rings is 3. The van der Waals surface area contributed by atoms with E-state index < -0.39 is 66.4 Å². The molecule has 0 saturated heterocycles. The van der Waals surface area contributed by atoms with Gasteiger partial charge in [0.05, 0.1) is 10.5 Å². The average molecular weight is 772 g/mol. The zero-order valence-corrected chi connectivity index (χ0v) is 28.4. The van der Waals surface area contributed by atoms with Crippen molar-refractivity contribution in [3.63, 3.8) is 0 Å². The van der Waals surface area contributed by atoms with Crippen LogP contribution in [0.5, 0.6) is 0 Å². The minimum atomic E-state index is -4.57. The molecule has 49 heavy (non-hydrogen) atoms. The second kappa shape index (κ2) is 18.6. The van der Waals surface area contributed by atoms with Crippen LogP contribution < -0.4 is 0 Å². The van der Waals surface area contributed by atoms with E-state index in [1.807, 2.05) is 13.2 Å². The zero-order chi connectivity index (χ0) is 37.3. The molecule has 0 N–H and O–H groups in total. The predicted molar refractivity (Wildman–Crippen MR) is 171 cm³/mol. The van der Waals surface area contributed by atoms with Gasteiger partial charge in [0.15, 0.2) is 5.03 Å². The molecule has 0 amide bonds. The first-order valence-corrected chi connectivity index (χ1v) is 18.0. The van der Waals surface area contributed by atoms with Crippen LogP contribution in [0.2, 0.25) is 0 Å². The number of halogens is 9. The summed E-state index contributed by atoms with van der Waals surface area (Å²) in [5.41, 5.74) is -1.31. The maximum Gasteiger partial charge on any atom is 0.433 e. The number of nitro groups is 1. The van der Waals surface area contributed by atoms with Gasteiger partial charge in [-0.05, 0) is 61.9 Å². The molecule has 0 aliphatic carbocycles. The maximum atomic E-state index is 12.3. The molecule has 21 heteroatoms. The fourth-order valence-electron chi connectivity index (χ4n) is 3.22. The van der Waals surface area contributed by atoms with Gasteiger partial charge in [-0.25, -0.2) is 14.3 Å². The molecule has 276 valence electrons. The molecule has 0 aromatic carbocycles. The molecule has 9 nitrogen and oxygen atoms in total. The number of nitrogens with zero attached hydrogens (tertiary/aromatic N) is 5. The highest BCUT2D eigenvalue weighted by Gasteiger charge is 2.34. The molecule has 0 aliphatic heterocycles. The summed E-state index contributed by atoms with van der Waals surface area (Å²) in [6.45, 7) is 4.98. The molecule has 3 rings (SSSR count). The molecule has 0 spiro atoms. The van der Waals surface area contributed by atoms with E-state index in [4.69, 9.17) is 0 Å². The Hall–Kier alpha value is -3.33. The number of alkyl halides is 9. The summed E-state index contributed by atoms with van der Waals surface area (Å²) in [7, 11) is -4.32. The van der Waals surface area contributed by atoms with Crippen molar-refractivity contribution in [2.45, 2.75) is 62.5 Å². The van der Waals surface area contributed by atoms with E-state index in [0.717, 1.165) is 48.5 Å². The molecule has 0 radical (unpaired) electrons. The average Bonchev–Trinajstić information content (AvgIpc) is 2.98. The topological polar surface area (TPSA) is 128 Å². The second-order valence-electron chi connectivity index (χ2n) is 9.77. The van der Waals surface area contributed by atoms with Crippen LogP contribution in [0, 0.1) is 10.1 Å². The Labute approximate surface area is 284 Å². The van der Waals surface area contributed by atoms with Crippen molar-refractivity contribution in [2.24, 2.45) is 4.47 Å². The number of thioether (sulfide) groups is 1. The van der Waals surface area contributed by atoms with Crippen LogP contribution in [0.4, 0.5) is 39.5 Å². The van der Waals surface area contributed by atoms with Crippen LogP contribution >= 0.6 is 11.8 Å². The lowest BCUT2D eigenvalue weighted by molar-refractivity contribution is -0.482. The van der Waals surface area contributed by atoms with Gasteiger partial charge in [-0.3, -0.25) is 19.2 Å². The summed E-state index contributed by atoms with van der Waals surface area (Å²) >= 11 is 1.57. The number of hydrogen-bond acceptors (Lipinski definition) is 8. The first-order valence-electron chi connectivity index (χ1n) is 13.1. The highest BCUT2D eigenvalue weighted by molar-refractivity contribution is 7.98. The number of rotatable bonds is 7. The largest absolute Gasteiger partial charge is 0.433 e. The first-order chi connectivity index (χ1) is 21.8. The van der Waals surface area contributed by atoms with Gasteiger partial charge in [-0.15, -0.1) is 0 Å². The summed E-state index contributed by atoms with van der Waals surface area (Å²) in [4.78, 5) is 20.1. The fraction of sp³-hybridized carbons (Fsp3) is 0.464. The Balaban J connectivity index is 0.000000708. The van der Waals surface area contributed by atoms with Crippen LogP contribution in [0.1, 0.15) is 77.7 Å². The summed E-state index contributed by atoms with van der Waals surface area (Å²) in [5, 5.41) is 8.11. The molecule has 5 atom stereocenters. The third-order valence-electron chi connectivity index (χ3n) is 6.37. The van der Waals surface area contributed by atoms with E-state index in [-0.39, 0.29) is 23.5 Å². The van der Waals surface area contributed by atoms with Crippen LogP contribution in [0.15, 0.2) is 59.5 Å². The van der Waals surface area contributed by atoms with Crippen molar-refractivity contribution in [3.05, 3.63) is 98.9 Å². The van der Waals surface area contributed by atoms with Gasteiger partial charge in [0.1, 0.15) is 31.3 Å². The van der Waals surface area contributed by atoms with Gasteiger partial charge in [-0.2, -0.15) is 51.3 Å². The van der Waals surface area contributed by atoms with Crippen molar-refractivity contribution in [1.82, 2.24) is 15.0 Å². The molecular weight excluding hydrogens is 738 g/mol. The van der Waals surface area contributed by atoms with Gasteiger partial charge in [0, 0.05) is 47.2 Å². The Morgan fingerprint density at radius 3 is 1.39 bits per heavy atom. The third kappa shape index (κ3) is 15.0. The van der Waals surface area contributed by atoms with Gasteiger partial charge < -0.3 is 0 Å². The van der Waals surface area contributed by atoms with E-state index in [2.05, 4.69) is 19.4 Å². The monoisotopic (exact) mass is 771 g/mol. The molecule has 3 aromatic heterocycles. The molecule has 3 aromatic rings. The van der Waals surface area contributed by atoms with Crippen molar-refractivity contribution in [2.75, 3.05) is 18.8 Å². The lowest BCUT2D eigenvalue weighted by Gasteiger charge is -2.12. The summed E-state index contributed by atoms with van der Waals surface area (Å²) in [6, 6.07) is 6.51. The molecule has 3 heterocycles. The number of aromatic nitrogens is 3. The molecule has 0 fully saturated rings. The maximum absolute atomic E-state index is 12.3. The first kappa shape index (κ1) is 45.7. The second-order valence-corrected chi connectivity index (χ2v) is 15.2. The number of hydrogen-bond donors (Lipinski definition) is 0. The van der Waals surface area contributed by atoms with Crippen LogP contribution in [-0.4, -0.2) is 47.2 Å². The van der Waals surface area contributed by atoms with Crippen LogP contribution in [-0.2, 0) is 39.1 Å². The van der Waals surface area contributed by atoms with E-state index in [9.17, 15) is 58.0 Å². The SMILES string of the molecule is C.CC(c1ccc(C(F)(F)F)nc1)S(C)(=O)=N[N+](=O)[O-].CC(c1ccc(C(F)(F)F)nc1)S(C)=O.CSC(C)c1ccc(C(F)(F)F)nc1. The highest BCUT2D eigenvalue weighted by Crippen LogP contribution is 2.31. The minimum absolute atomic E-state index is 0. The summed E-state index contributed by atoms with van der Waals surface area (Å²) in [6.07, 6.45) is -5.57. The predicted octanol–water partition coefficient (Wildman–Crippen LogP) is 9.15. The molecule has 0 bridgehead atoms. The Kier molecular flexibility index (Phi) is 17.3. The van der Waals surface area contributed by atoms with Crippen LogP contribution in [0.25, 0.3) is 0 Å². The van der Waals surface area contributed by atoms with Crippen molar-refractivity contribution < 1.29 is 53.0 Å². The van der Waals surface area contributed by atoms with Gasteiger partial charge in [-0.1, -0.05) is 25.6 Å². The Morgan fingerprint density at radius 2 is 1.12 bits per heavy atom. The lowest BCUT2D eigenvalue weighted by Crippen LogP contribution is -2.12. The molecule has 5 unspecified atom stereocenters. The zero-order valence-electron chi connectivity index (χ0n) is 25.9. The van der Waals surface area contributed by atoms with E-state index in [1.54, 1.807) is 18.7 Å². The Bertz CT molecular complexity index is 1630. The fourth-order valence-corrected chi connectivity index (χ4v) is 5.21. The summed E-state index contributed by atoms with van der Waals surface area (Å²) in [5.74, 6) is 0.